The number of benzene rings is 1. The van der Waals surface area contributed by atoms with E-state index in [2.05, 4.69) is 0 Å². The van der Waals surface area contributed by atoms with Gasteiger partial charge >= 0.3 is 0 Å². The van der Waals surface area contributed by atoms with Crippen LogP contribution in [0.25, 0.3) is 0 Å². The first-order chi connectivity index (χ1) is 12.8. The Morgan fingerprint density at radius 1 is 1.00 bits per heavy atom. The van der Waals surface area contributed by atoms with Crippen LogP contribution in [0.3, 0.4) is 0 Å². The highest BCUT2D eigenvalue weighted by molar-refractivity contribution is 5.78. The van der Waals surface area contributed by atoms with Gasteiger partial charge in [0.05, 0.1) is 51.9 Å². The summed E-state index contributed by atoms with van der Waals surface area (Å²) in [6.45, 7) is 6.41. The highest BCUT2D eigenvalue weighted by atomic mass is 17.2. The third kappa shape index (κ3) is 7.27. The van der Waals surface area contributed by atoms with Crippen molar-refractivity contribution < 1.29 is 33.5 Å². The zero-order chi connectivity index (χ0) is 18.5. The number of hydrogen-bond acceptors (Lipinski definition) is 8. The standard InChI is InChI=1S/C18H27NO7/c1-2-25-26-15-19-5-6-21-7-8-22-9-10-23-11-12-24-18-13-16(14-20)3-4-17(18)19/h3-4,13-14H,2,5-12,15H2,1H3. The lowest BCUT2D eigenvalue weighted by Crippen LogP contribution is -2.31. The summed E-state index contributed by atoms with van der Waals surface area (Å²) in [7, 11) is 0. The first-order valence-electron chi connectivity index (χ1n) is 8.79. The molecule has 0 saturated carbocycles. The number of anilines is 1. The molecule has 146 valence electrons. The lowest BCUT2D eigenvalue weighted by Gasteiger charge is -2.26. The molecule has 1 aliphatic heterocycles. The molecule has 8 heteroatoms. The molecule has 0 amide bonds. The summed E-state index contributed by atoms with van der Waals surface area (Å²) < 4.78 is 22.3. The monoisotopic (exact) mass is 369 g/mol. The Hall–Kier alpha value is -1.71. The molecule has 0 aromatic heterocycles. The maximum absolute atomic E-state index is 11.1. The third-order valence-electron chi connectivity index (χ3n) is 3.61. The second kappa shape index (κ2) is 12.6. The maximum Gasteiger partial charge on any atom is 0.154 e. The molecule has 0 N–H and O–H groups in total. The van der Waals surface area contributed by atoms with Crippen LogP contribution in [0.15, 0.2) is 18.2 Å². The maximum atomic E-state index is 11.1. The van der Waals surface area contributed by atoms with Crippen LogP contribution in [0.1, 0.15) is 17.3 Å². The molecule has 0 spiro atoms. The van der Waals surface area contributed by atoms with E-state index in [0.717, 1.165) is 12.0 Å². The Morgan fingerprint density at radius 2 is 1.69 bits per heavy atom. The van der Waals surface area contributed by atoms with E-state index in [4.69, 9.17) is 28.7 Å². The Labute approximate surface area is 153 Å². The van der Waals surface area contributed by atoms with Gasteiger partial charge < -0.3 is 23.8 Å². The zero-order valence-corrected chi connectivity index (χ0v) is 15.2. The van der Waals surface area contributed by atoms with Crippen LogP contribution in [-0.2, 0) is 24.0 Å². The molecule has 0 atom stereocenters. The molecule has 8 nitrogen and oxygen atoms in total. The van der Waals surface area contributed by atoms with Crippen molar-refractivity contribution in [1.82, 2.24) is 0 Å². The fraction of sp³-hybridized carbons (Fsp3) is 0.611. The van der Waals surface area contributed by atoms with E-state index in [-0.39, 0.29) is 6.73 Å². The summed E-state index contributed by atoms with van der Waals surface area (Å²) in [6.07, 6.45) is 0.789. The number of fused-ring (bicyclic) bond motifs is 1. The number of rotatable bonds is 5. The fourth-order valence-electron chi connectivity index (χ4n) is 2.35. The third-order valence-corrected chi connectivity index (χ3v) is 3.61. The molecular weight excluding hydrogens is 342 g/mol. The predicted molar refractivity (Wildman–Crippen MR) is 94.7 cm³/mol. The van der Waals surface area contributed by atoms with Crippen LogP contribution < -0.4 is 9.64 Å². The summed E-state index contributed by atoms with van der Waals surface area (Å²) >= 11 is 0. The van der Waals surface area contributed by atoms with Crippen molar-refractivity contribution in [1.29, 1.82) is 0 Å². The highest BCUT2D eigenvalue weighted by Gasteiger charge is 2.14. The van der Waals surface area contributed by atoms with Gasteiger partial charge in [0.2, 0.25) is 0 Å². The first kappa shape index (κ1) is 20.6. The Kier molecular flexibility index (Phi) is 9.99. The average molecular weight is 369 g/mol. The summed E-state index contributed by atoms with van der Waals surface area (Å²) in [6, 6.07) is 5.27. The quantitative estimate of drug-likeness (QED) is 0.336. The lowest BCUT2D eigenvalue weighted by atomic mass is 10.2. The number of aldehydes is 1. The average Bonchev–Trinajstić information content (AvgIpc) is 2.67. The Morgan fingerprint density at radius 3 is 2.38 bits per heavy atom. The second-order valence-corrected chi connectivity index (χ2v) is 5.45. The minimum atomic E-state index is 0.209. The van der Waals surface area contributed by atoms with Crippen LogP contribution in [0.2, 0.25) is 0 Å². The van der Waals surface area contributed by atoms with E-state index in [1.807, 2.05) is 17.9 Å². The van der Waals surface area contributed by atoms with E-state index < -0.39 is 0 Å². The Balaban J connectivity index is 2.14. The van der Waals surface area contributed by atoms with Gasteiger partial charge in [-0.3, -0.25) is 4.79 Å². The molecule has 1 aliphatic rings. The van der Waals surface area contributed by atoms with E-state index >= 15 is 0 Å². The first-order valence-corrected chi connectivity index (χ1v) is 8.79. The normalized spacial score (nSPS) is 17.5. The summed E-state index contributed by atoms with van der Waals surface area (Å²) in [4.78, 5) is 23.3. The van der Waals surface area contributed by atoms with Crippen LogP contribution in [0, 0.1) is 0 Å². The van der Waals surface area contributed by atoms with E-state index in [1.54, 1.807) is 12.1 Å². The second-order valence-electron chi connectivity index (χ2n) is 5.45. The number of hydrogen-bond donors (Lipinski definition) is 0. The fourth-order valence-corrected chi connectivity index (χ4v) is 2.35. The van der Waals surface area contributed by atoms with Gasteiger partial charge in [-0.1, -0.05) is 0 Å². The smallest absolute Gasteiger partial charge is 0.154 e. The minimum absolute atomic E-state index is 0.209. The van der Waals surface area contributed by atoms with E-state index in [0.29, 0.717) is 70.7 Å². The molecule has 1 heterocycles. The van der Waals surface area contributed by atoms with Crippen molar-refractivity contribution in [2.75, 3.05) is 71.0 Å². The molecule has 0 radical (unpaired) electrons. The summed E-state index contributed by atoms with van der Waals surface area (Å²) in [5, 5.41) is 0. The van der Waals surface area contributed by atoms with Gasteiger partial charge in [-0.2, -0.15) is 0 Å². The van der Waals surface area contributed by atoms with Gasteiger partial charge in [-0.25, -0.2) is 9.78 Å². The van der Waals surface area contributed by atoms with Crippen LogP contribution in [0.5, 0.6) is 5.75 Å². The van der Waals surface area contributed by atoms with Gasteiger partial charge in [-0.05, 0) is 25.1 Å². The molecule has 2 rings (SSSR count). The molecule has 0 fully saturated rings. The predicted octanol–water partition coefficient (Wildman–Crippen LogP) is 1.67. The Bertz CT molecular complexity index is 526. The largest absolute Gasteiger partial charge is 0.489 e. The van der Waals surface area contributed by atoms with Gasteiger partial charge in [-0.15, -0.1) is 0 Å². The topological polar surface area (TPSA) is 75.7 Å². The number of nitrogens with zero attached hydrogens (tertiary/aromatic N) is 1. The summed E-state index contributed by atoms with van der Waals surface area (Å²) in [5.41, 5.74) is 1.34. The van der Waals surface area contributed by atoms with Crippen LogP contribution in [0.4, 0.5) is 5.69 Å². The van der Waals surface area contributed by atoms with E-state index in [1.165, 1.54) is 0 Å². The van der Waals surface area contributed by atoms with E-state index in [9.17, 15) is 4.79 Å². The van der Waals surface area contributed by atoms with Crippen molar-refractivity contribution in [3.63, 3.8) is 0 Å². The van der Waals surface area contributed by atoms with Crippen molar-refractivity contribution in [2.45, 2.75) is 6.92 Å². The molecule has 0 saturated heterocycles. The molecule has 0 unspecified atom stereocenters. The molecular formula is C18H27NO7. The molecule has 26 heavy (non-hydrogen) atoms. The highest BCUT2D eigenvalue weighted by Crippen LogP contribution is 2.29. The van der Waals surface area contributed by atoms with Crippen LogP contribution in [-0.4, -0.2) is 72.4 Å². The van der Waals surface area contributed by atoms with Crippen LogP contribution >= 0.6 is 0 Å². The molecule has 0 bridgehead atoms. The van der Waals surface area contributed by atoms with Gasteiger partial charge in [0.1, 0.15) is 18.6 Å². The SMILES string of the molecule is CCOOCN1CCOCCOCCOCCOc2cc(C=O)ccc21. The van der Waals surface area contributed by atoms with Crippen molar-refractivity contribution in [2.24, 2.45) is 0 Å². The number of ether oxygens (including phenoxy) is 4. The van der Waals surface area contributed by atoms with Gasteiger partial charge in [0.25, 0.3) is 0 Å². The van der Waals surface area contributed by atoms with Gasteiger partial charge in [0.15, 0.2) is 6.73 Å². The summed E-state index contributed by atoms with van der Waals surface area (Å²) in [5.74, 6) is 0.587. The lowest BCUT2D eigenvalue weighted by molar-refractivity contribution is -0.290. The molecule has 1 aromatic carbocycles. The molecule has 1 aromatic rings. The van der Waals surface area contributed by atoms with Crippen molar-refractivity contribution >= 4 is 12.0 Å². The number of carbonyl (C=O) groups is 1. The zero-order valence-electron chi connectivity index (χ0n) is 15.2. The minimum Gasteiger partial charge on any atom is -0.489 e. The van der Waals surface area contributed by atoms with Crippen molar-refractivity contribution in [3.8, 4) is 5.75 Å². The number of carbonyl (C=O) groups excluding carboxylic acids is 1. The molecule has 0 aliphatic carbocycles. The van der Waals surface area contributed by atoms with Crippen molar-refractivity contribution in [3.05, 3.63) is 23.8 Å². The van der Waals surface area contributed by atoms with Gasteiger partial charge in [0, 0.05) is 12.1 Å².